The number of rotatable bonds is 9. The summed E-state index contributed by atoms with van der Waals surface area (Å²) in [6.07, 6.45) is 16.2. The monoisotopic (exact) mass is 390 g/mol. The molecule has 3 heteroatoms. The van der Waals surface area contributed by atoms with Gasteiger partial charge in [-0.05, 0) is 23.5 Å². The molecule has 0 amide bonds. The van der Waals surface area contributed by atoms with Crippen molar-refractivity contribution in [2.24, 2.45) is 5.41 Å². The van der Waals surface area contributed by atoms with Crippen molar-refractivity contribution in [1.82, 2.24) is 0 Å². The van der Waals surface area contributed by atoms with E-state index in [-0.39, 0.29) is 10.5 Å². The average Bonchev–Trinajstić information content (AvgIpc) is 2.53. The Morgan fingerprint density at radius 3 is 1.93 bits per heavy atom. The highest BCUT2D eigenvalue weighted by molar-refractivity contribution is 6.80. The van der Waals surface area contributed by atoms with E-state index in [2.05, 4.69) is 60.0 Å². The van der Waals surface area contributed by atoms with Crippen LogP contribution in [0.2, 0.25) is 36.3 Å². The Labute approximate surface area is 172 Å². The van der Waals surface area contributed by atoms with Crippen LogP contribution in [0.25, 0.3) is 0 Å². The number of fused-ring (bicyclic) bond motifs is 2. The molecule has 2 aliphatic rings. The molecule has 2 rings (SSSR count). The SMILES string of the molecule is C=C[C@@]([C@H](CCCCC)OB1C2CCCC1CCC2)(C(C)(C)C)[Si](C)(C)C. The predicted octanol–water partition coefficient (Wildman–Crippen LogP) is 8.36. The Morgan fingerprint density at radius 1 is 1.04 bits per heavy atom. The molecule has 0 saturated carbocycles. The van der Waals surface area contributed by atoms with Crippen molar-refractivity contribution >= 4 is 15.0 Å². The Kier molecular flexibility index (Phi) is 7.93. The molecule has 1 nitrogen and oxygen atoms in total. The van der Waals surface area contributed by atoms with E-state index < -0.39 is 8.07 Å². The van der Waals surface area contributed by atoms with Crippen LogP contribution in [0.3, 0.4) is 0 Å². The first-order valence-corrected chi connectivity index (χ1v) is 15.4. The highest BCUT2D eigenvalue weighted by atomic mass is 28.3. The van der Waals surface area contributed by atoms with Crippen molar-refractivity contribution in [2.45, 2.75) is 134 Å². The standard InChI is InChI=1S/C24H47BOSi/c1-9-11-12-19-22(24(10-2,23(3,4)5)27(6,7)8)26-25-20-15-13-16-21(25)18-14-17-20/h10,20-22H,2,9,11-19H2,1,3-8H3/t20?,21?,22-,24+/m0/s1. The summed E-state index contributed by atoms with van der Waals surface area (Å²) in [7, 11) is -1.56. The summed E-state index contributed by atoms with van der Waals surface area (Å²) in [4.78, 5) is 0. The molecule has 0 N–H and O–H groups in total. The fourth-order valence-corrected chi connectivity index (χ4v) is 10.9. The fourth-order valence-electron chi connectivity index (χ4n) is 6.84. The van der Waals surface area contributed by atoms with Gasteiger partial charge in [0.1, 0.15) is 0 Å². The second kappa shape index (κ2) is 9.20. The van der Waals surface area contributed by atoms with Gasteiger partial charge in [-0.2, -0.15) is 0 Å². The summed E-state index contributed by atoms with van der Waals surface area (Å²) in [5.41, 5.74) is 0.180. The molecule has 0 aromatic carbocycles. The summed E-state index contributed by atoms with van der Waals surface area (Å²) in [5.74, 6) is 1.63. The lowest BCUT2D eigenvalue weighted by molar-refractivity contribution is 0.0776. The van der Waals surface area contributed by atoms with Gasteiger partial charge in [-0.25, -0.2) is 0 Å². The number of hydrogen-bond donors (Lipinski definition) is 0. The summed E-state index contributed by atoms with van der Waals surface area (Å²) < 4.78 is 7.28. The van der Waals surface area contributed by atoms with Gasteiger partial charge in [0.15, 0.2) is 0 Å². The third kappa shape index (κ3) is 4.77. The van der Waals surface area contributed by atoms with Gasteiger partial charge in [-0.15, -0.1) is 6.58 Å². The van der Waals surface area contributed by atoms with Crippen molar-refractivity contribution in [3.63, 3.8) is 0 Å². The lowest BCUT2D eigenvalue weighted by atomic mass is 9.37. The molecule has 0 aromatic heterocycles. The minimum atomic E-state index is -1.56. The molecule has 0 spiro atoms. The van der Waals surface area contributed by atoms with Gasteiger partial charge in [0, 0.05) is 11.1 Å². The van der Waals surface area contributed by atoms with E-state index in [1.54, 1.807) is 0 Å². The van der Waals surface area contributed by atoms with Crippen molar-refractivity contribution in [3.05, 3.63) is 12.7 Å². The van der Waals surface area contributed by atoms with Crippen LogP contribution in [0.1, 0.15) is 91.9 Å². The van der Waals surface area contributed by atoms with Crippen LogP contribution in [0.4, 0.5) is 0 Å². The van der Waals surface area contributed by atoms with E-state index in [4.69, 9.17) is 4.65 Å². The second-order valence-electron chi connectivity index (χ2n) is 11.5. The van der Waals surface area contributed by atoms with Crippen molar-refractivity contribution < 1.29 is 4.65 Å². The molecule has 0 aromatic rings. The first-order chi connectivity index (χ1) is 12.6. The van der Waals surface area contributed by atoms with E-state index in [0.717, 1.165) is 11.6 Å². The van der Waals surface area contributed by atoms with Gasteiger partial charge in [0.25, 0.3) is 6.92 Å². The van der Waals surface area contributed by atoms with Crippen LogP contribution < -0.4 is 0 Å². The van der Waals surface area contributed by atoms with Crippen LogP contribution >= 0.6 is 0 Å². The zero-order chi connectivity index (χ0) is 20.3. The zero-order valence-electron chi connectivity index (χ0n) is 19.6. The molecule has 2 aliphatic heterocycles. The minimum absolute atomic E-state index is 0.111. The van der Waals surface area contributed by atoms with E-state index >= 15 is 0 Å². The third-order valence-electron chi connectivity index (χ3n) is 7.93. The minimum Gasteiger partial charge on any atom is -0.432 e. The molecule has 2 saturated heterocycles. The number of unbranched alkanes of at least 4 members (excludes halogenated alkanes) is 2. The summed E-state index contributed by atoms with van der Waals surface area (Å²) in [5, 5.41) is 0.111. The van der Waals surface area contributed by atoms with E-state index in [1.807, 2.05) is 0 Å². The normalized spacial score (nSPS) is 27.1. The topological polar surface area (TPSA) is 9.23 Å². The van der Waals surface area contributed by atoms with Crippen LogP contribution in [0.5, 0.6) is 0 Å². The van der Waals surface area contributed by atoms with Gasteiger partial charge < -0.3 is 4.65 Å². The quantitative estimate of drug-likeness (QED) is 0.218. The van der Waals surface area contributed by atoms with Gasteiger partial charge >= 0.3 is 0 Å². The molecular weight excluding hydrogens is 343 g/mol. The van der Waals surface area contributed by atoms with Gasteiger partial charge in [-0.1, -0.05) is 111 Å². The molecule has 2 atom stereocenters. The molecule has 2 heterocycles. The van der Waals surface area contributed by atoms with Crippen LogP contribution in [-0.2, 0) is 4.65 Å². The summed E-state index contributed by atoms with van der Waals surface area (Å²) >= 11 is 0. The molecule has 0 unspecified atom stereocenters. The second-order valence-corrected chi connectivity index (χ2v) is 16.9. The maximum Gasteiger partial charge on any atom is 0.299 e. The van der Waals surface area contributed by atoms with E-state index in [9.17, 15) is 0 Å². The highest BCUT2D eigenvalue weighted by Gasteiger charge is 2.56. The first-order valence-electron chi connectivity index (χ1n) is 11.9. The zero-order valence-corrected chi connectivity index (χ0v) is 20.6. The Hall–Kier alpha value is -0.0182. The van der Waals surface area contributed by atoms with Crippen LogP contribution in [0.15, 0.2) is 12.7 Å². The summed E-state index contributed by atoms with van der Waals surface area (Å²) in [6, 6.07) is 0. The van der Waals surface area contributed by atoms with Gasteiger partial charge in [-0.3, -0.25) is 0 Å². The molecule has 156 valence electrons. The lowest BCUT2D eigenvalue weighted by Crippen LogP contribution is -2.56. The molecule has 0 radical (unpaired) electrons. The number of hydrogen-bond acceptors (Lipinski definition) is 1. The molecular formula is C24H47BOSi. The Morgan fingerprint density at radius 2 is 1.56 bits per heavy atom. The Bertz CT molecular complexity index is 440. The van der Waals surface area contributed by atoms with Crippen molar-refractivity contribution in [1.29, 1.82) is 0 Å². The predicted molar refractivity (Wildman–Crippen MR) is 126 cm³/mol. The van der Waals surface area contributed by atoms with Gasteiger partial charge in [0.05, 0.1) is 8.07 Å². The third-order valence-corrected chi connectivity index (χ3v) is 11.7. The van der Waals surface area contributed by atoms with Crippen LogP contribution in [0, 0.1) is 5.41 Å². The maximum atomic E-state index is 7.28. The molecule has 2 fully saturated rings. The van der Waals surface area contributed by atoms with Crippen LogP contribution in [-0.4, -0.2) is 21.1 Å². The largest absolute Gasteiger partial charge is 0.432 e. The van der Waals surface area contributed by atoms with Gasteiger partial charge in [0.2, 0.25) is 0 Å². The molecule has 2 bridgehead atoms. The van der Waals surface area contributed by atoms with Crippen molar-refractivity contribution in [3.8, 4) is 0 Å². The average molecular weight is 391 g/mol. The Balaban J connectivity index is 2.37. The highest BCUT2D eigenvalue weighted by Crippen LogP contribution is 2.59. The molecule has 0 aliphatic carbocycles. The first kappa shape index (κ1) is 23.3. The fraction of sp³-hybridized carbons (Fsp3) is 0.917. The lowest BCUT2D eigenvalue weighted by Gasteiger charge is -2.57. The van der Waals surface area contributed by atoms with E-state index in [1.165, 1.54) is 64.2 Å². The van der Waals surface area contributed by atoms with Crippen molar-refractivity contribution in [2.75, 3.05) is 0 Å². The summed E-state index contributed by atoms with van der Waals surface area (Å²) in [6.45, 7) is 22.2. The smallest absolute Gasteiger partial charge is 0.299 e. The van der Waals surface area contributed by atoms with E-state index in [0.29, 0.717) is 13.0 Å². The maximum absolute atomic E-state index is 7.28. The molecule has 27 heavy (non-hydrogen) atoms.